The van der Waals surface area contributed by atoms with Crippen LogP contribution < -0.4 is 49.5 Å². The molecule has 2 aliphatic heterocycles. The van der Waals surface area contributed by atoms with Crippen molar-refractivity contribution in [2.75, 3.05) is 13.2 Å². The van der Waals surface area contributed by atoms with E-state index in [4.69, 9.17) is 44.5 Å². The van der Waals surface area contributed by atoms with Crippen molar-refractivity contribution in [2.24, 2.45) is 4.99 Å². The van der Waals surface area contributed by atoms with Gasteiger partial charge >= 0.3 is 29.6 Å². The first-order valence-electron chi connectivity index (χ1n) is 10.4. The van der Waals surface area contributed by atoms with Gasteiger partial charge in [-0.1, -0.05) is 23.2 Å². The van der Waals surface area contributed by atoms with E-state index in [1.54, 1.807) is 36.5 Å². The molecule has 1 amide bonds. The van der Waals surface area contributed by atoms with Crippen LogP contribution in [0, 0.1) is 0 Å². The number of aliphatic imine (C=N–C) groups is 1. The number of ether oxygens (including phenoxy) is 2. The zero-order valence-electron chi connectivity index (χ0n) is 18.7. The number of hydrogen-bond acceptors (Lipinski definition) is 7. The van der Waals surface area contributed by atoms with Crippen LogP contribution in [0.2, 0.25) is 5.02 Å². The molecule has 2 aliphatic rings. The molecule has 4 rings (SSSR count). The maximum absolute atomic E-state index is 12.4. The Morgan fingerprint density at radius 1 is 1.23 bits per heavy atom. The second-order valence-corrected chi connectivity index (χ2v) is 8.85. The third kappa shape index (κ3) is 6.84. The number of benzene rings is 2. The Bertz CT molecular complexity index is 1160. The van der Waals surface area contributed by atoms with E-state index in [-0.39, 0.29) is 53.3 Å². The summed E-state index contributed by atoms with van der Waals surface area (Å²) >= 11 is 18.2. The molecule has 35 heavy (non-hydrogen) atoms. The summed E-state index contributed by atoms with van der Waals surface area (Å²) in [5, 5.41) is 14.9. The first kappa shape index (κ1) is 27.6. The normalized spacial score (nSPS) is 18.5. The molecule has 0 saturated heterocycles. The summed E-state index contributed by atoms with van der Waals surface area (Å²) in [6, 6.07) is 9.59. The van der Waals surface area contributed by atoms with Crippen LogP contribution >= 0.6 is 35.0 Å². The van der Waals surface area contributed by atoms with Gasteiger partial charge in [0.25, 0.3) is 5.91 Å². The monoisotopic (exact) mass is 545 g/mol. The van der Waals surface area contributed by atoms with E-state index in [0.717, 1.165) is 0 Å². The van der Waals surface area contributed by atoms with E-state index in [2.05, 4.69) is 10.3 Å². The molecule has 2 unspecified atom stereocenters. The third-order valence-electron chi connectivity index (χ3n) is 5.32. The van der Waals surface area contributed by atoms with Gasteiger partial charge in [-0.3, -0.25) is 14.2 Å². The number of aliphatic carboxylic acids is 1. The zero-order chi connectivity index (χ0) is 24.2. The van der Waals surface area contributed by atoms with E-state index >= 15 is 0 Å². The number of hydrogen-bond donors (Lipinski definition) is 1. The molecule has 8 nitrogen and oxygen atoms in total. The number of carboxylic acid groups (broad SMARTS) is 1. The molecule has 178 valence electrons. The molecule has 0 spiro atoms. The second-order valence-electron chi connectivity index (χ2n) is 7.62. The van der Waals surface area contributed by atoms with Crippen LogP contribution in [0.3, 0.4) is 0 Å². The Morgan fingerprint density at radius 3 is 2.66 bits per heavy atom. The second kappa shape index (κ2) is 12.3. The van der Waals surface area contributed by atoms with E-state index in [9.17, 15) is 14.7 Å². The molecule has 2 aromatic carbocycles. The number of carbonyl (C=O) groups excluding carboxylic acids is 2. The molecule has 0 saturated carbocycles. The molecule has 2 aromatic rings. The number of carbonyl (C=O) groups is 2. The van der Waals surface area contributed by atoms with Gasteiger partial charge in [0.15, 0.2) is 0 Å². The number of carboxylic acids is 1. The third-order valence-corrected chi connectivity index (χ3v) is 6.14. The largest absolute Gasteiger partial charge is 1.00 e. The van der Waals surface area contributed by atoms with Crippen LogP contribution in [0.5, 0.6) is 17.2 Å². The smallest absolute Gasteiger partial charge is 0.549 e. The van der Waals surface area contributed by atoms with Gasteiger partial charge in [-0.2, -0.15) is 0 Å². The molecule has 0 bridgehead atoms. The number of nitrogens with zero attached hydrogens (tertiary/aromatic N) is 2. The van der Waals surface area contributed by atoms with Crippen LogP contribution in [0.15, 0.2) is 52.6 Å². The predicted molar refractivity (Wildman–Crippen MR) is 127 cm³/mol. The minimum atomic E-state index is -1.17. The van der Waals surface area contributed by atoms with Crippen LogP contribution in [-0.4, -0.2) is 41.8 Å². The number of rotatable bonds is 7. The molecular weight excluding hydrogens is 528 g/mol. The number of allylic oxidation sites excluding steroid dienone is 1. The maximum atomic E-state index is 12.4. The molecule has 2 heterocycles. The Morgan fingerprint density at radius 2 is 1.97 bits per heavy atom. The fraction of sp³-hybridized carbons (Fsp3) is 0.261. The predicted octanol–water partition coefficient (Wildman–Crippen LogP) is 0.819. The molecule has 1 N–H and O–H groups in total. The average Bonchev–Trinajstić information content (AvgIpc) is 2.81. The van der Waals surface area contributed by atoms with Gasteiger partial charge in [0.1, 0.15) is 23.4 Å². The van der Waals surface area contributed by atoms with Gasteiger partial charge in [0, 0.05) is 66.2 Å². The van der Waals surface area contributed by atoms with Crippen LogP contribution in [0.25, 0.3) is 0 Å². The topological polar surface area (TPSA) is 103 Å². The SMILES string of the molecule is O=C(NCCC1N=CC(Cl)=CN1Cl)c1ccc(Oc2cc3c(cc2Cl)C(C(=O)[O-])CCO3)cc1.[Na+]. The minimum Gasteiger partial charge on any atom is -0.549 e. The Kier molecular flexibility index (Phi) is 9.75. The summed E-state index contributed by atoms with van der Waals surface area (Å²) in [6.45, 7) is 0.627. The number of nitrogens with one attached hydrogen (secondary N) is 1. The van der Waals surface area contributed by atoms with Crippen LogP contribution in [0.1, 0.15) is 34.7 Å². The van der Waals surface area contributed by atoms with Crippen molar-refractivity contribution in [2.45, 2.75) is 24.9 Å². The van der Waals surface area contributed by atoms with Crippen LogP contribution in [0.4, 0.5) is 0 Å². The Balaban J connectivity index is 0.00000342. The number of halogens is 3. The fourth-order valence-corrected chi connectivity index (χ4v) is 4.26. The fourth-order valence-electron chi connectivity index (χ4n) is 3.59. The summed E-state index contributed by atoms with van der Waals surface area (Å²) in [7, 11) is 0. The first-order valence-corrected chi connectivity index (χ1v) is 11.5. The first-order chi connectivity index (χ1) is 16.3. The van der Waals surface area contributed by atoms with Crippen LogP contribution in [-0.2, 0) is 4.79 Å². The number of fused-ring (bicyclic) bond motifs is 1. The Hall–Kier alpha value is -1.94. The van der Waals surface area contributed by atoms with Crippen molar-refractivity contribution in [3.63, 3.8) is 0 Å². The summed E-state index contributed by atoms with van der Waals surface area (Å²) < 4.78 is 12.8. The van der Waals surface area contributed by atoms with Crippen molar-refractivity contribution in [1.29, 1.82) is 0 Å². The van der Waals surface area contributed by atoms with Gasteiger partial charge in [-0.25, -0.2) is 0 Å². The van der Waals surface area contributed by atoms with E-state index in [1.165, 1.54) is 16.7 Å². The van der Waals surface area contributed by atoms with Gasteiger partial charge in [-0.15, -0.1) is 0 Å². The molecular formula is C23H19Cl3N3NaO5. The number of amides is 1. The molecule has 2 atom stereocenters. The molecule has 0 fully saturated rings. The van der Waals surface area contributed by atoms with Crippen molar-refractivity contribution in [1.82, 2.24) is 9.74 Å². The quantitative estimate of drug-likeness (QED) is 0.408. The maximum Gasteiger partial charge on any atom is 1.00 e. The Labute approximate surface area is 239 Å². The minimum absolute atomic E-state index is 0. The van der Waals surface area contributed by atoms with Gasteiger partial charge in [0.05, 0.1) is 16.7 Å². The van der Waals surface area contributed by atoms with Crippen molar-refractivity contribution < 1.29 is 53.7 Å². The molecule has 0 aromatic heterocycles. The van der Waals surface area contributed by atoms with Gasteiger partial charge in [-0.05, 0) is 36.8 Å². The van der Waals surface area contributed by atoms with Crippen molar-refractivity contribution in [3.8, 4) is 17.2 Å². The summed E-state index contributed by atoms with van der Waals surface area (Å²) in [5.74, 6) is -1.05. The van der Waals surface area contributed by atoms with Crippen molar-refractivity contribution in [3.05, 3.63) is 63.8 Å². The molecule has 12 heteroatoms. The zero-order valence-corrected chi connectivity index (χ0v) is 22.9. The van der Waals surface area contributed by atoms with Gasteiger partial charge < -0.3 is 24.7 Å². The molecule has 0 aliphatic carbocycles. The summed E-state index contributed by atoms with van der Waals surface area (Å²) in [5.41, 5.74) is 0.910. The van der Waals surface area contributed by atoms with E-state index < -0.39 is 11.9 Å². The molecule has 0 radical (unpaired) electrons. The van der Waals surface area contributed by atoms with Gasteiger partial charge in [0.2, 0.25) is 0 Å². The summed E-state index contributed by atoms with van der Waals surface area (Å²) in [4.78, 5) is 28.0. The standard InChI is InChI=1S/C23H20Cl3N3O5.Na/c24-14-11-28-21(29(26)12-14)5-7-27-22(30)13-1-3-15(4-2-13)34-20-10-19-17(9-18(20)25)16(23(31)32)6-8-33-19;/h1-4,9-12,16,21H,5-8H2,(H,27,30)(H,31,32);/q;+1/p-1. The average molecular weight is 547 g/mol. The van der Waals surface area contributed by atoms with E-state index in [1.807, 2.05) is 0 Å². The summed E-state index contributed by atoms with van der Waals surface area (Å²) in [6.07, 6.45) is 3.59. The van der Waals surface area contributed by atoms with E-state index in [0.29, 0.717) is 52.8 Å². The van der Waals surface area contributed by atoms with Crippen molar-refractivity contribution >= 4 is 53.1 Å².